The first kappa shape index (κ1) is 17.1. The number of rotatable bonds is 2. The third-order valence-corrected chi connectivity index (χ3v) is 5.45. The topological polar surface area (TPSA) is 50.0 Å². The van der Waals surface area contributed by atoms with Gasteiger partial charge in [-0.25, -0.2) is 0 Å². The molecule has 0 atom stereocenters. The van der Waals surface area contributed by atoms with Gasteiger partial charge in [-0.05, 0) is 34.8 Å². The van der Waals surface area contributed by atoms with Crippen LogP contribution in [-0.2, 0) is 17.3 Å². The molecule has 2 heterocycles. The predicted octanol–water partition coefficient (Wildman–Crippen LogP) is 5.44. The van der Waals surface area contributed by atoms with Crippen molar-refractivity contribution in [1.29, 1.82) is 0 Å². The number of hydrogen-bond acceptors (Lipinski definition) is 4. The zero-order valence-corrected chi connectivity index (χ0v) is 16.3. The summed E-state index contributed by atoms with van der Waals surface area (Å²) in [7, 11) is 0. The summed E-state index contributed by atoms with van der Waals surface area (Å²) in [5, 5.41) is 12.4. The summed E-state index contributed by atoms with van der Waals surface area (Å²) < 4.78 is 0. The Morgan fingerprint density at radius 2 is 1.73 bits per heavy atom. The van der Waals surface area contributed by atoms with Crippen LogP contribution in [0, 0.1) is 0 Å². The van der Waals surface area contributed by atoms with Crippen molar-refractivity contribution < 1.29 is 0 Å². The van der Waals surface area contributed by atoms with E-state index in [1.807, 2.05) is 0 Å². The van der Waals surface area contributed by atoms with Gasteiger partial charge in [0.2, 0.25) is 0 Å². The molecule has 4 heteroatoms. The maximum absolute atomic E-state index is 5.24. The minimum absolute atomic E-state index is 0.0856. The molecule has 134 valence electrons. The second kappa shape index (κ2) is 5.83. The Kier molecular flexibility index (Phi) is 3.83. The standard InChI is InChI=1S/C22H26N4/c1-21(2,3)20-18(16-13-23-26-25-16)17(14-9-7-6-8-10-14)15-11-12-22(4,5)19(15)24-20/h6-10H,11-13H2,1-5H3. The molecule has 2 aliphatic rings. The molecule has 0 fully saturated rings. The molecule has 2 aromatic rings. The number of hydrogen-bond donors (Lipinski definition) is 0. The third kappa shape index (κ3) is 2.68. The molecule has 0 bridgehead atoms. The Morgan fingerprint density at radius 1 is 1.00 bits per heavy atom. The van der Waals surface area contributed by atoms with Gasteiger partial charge in [0.25, 0.3) is 0 Å². The molecule has 4 rings (SSSR count). The monoisotopic (exact) mass is 346 g/mol. The van der Waals surface area contributed by atoms with Crippen molar-refractivity contribution in [3.63, 3.8) is 0 Å². The highest BCUT2D eigenvalue weighted by Crippen LogP contribution is 2.45. The molecule has 0 unspecified atom stereocenters. The van der Waals surface area contributed by atoms with Gasteiger partial charge in [-0.3, -0.25) is 4.98 Å². The van der Waals surface area contributed by atoms with Crippen LogP contribution in [-0.4, -0.2) is 17.2 Å². The third-order valence-electron chi connectivity index (χ3n) is 5.45. The lowest BCUT2D eigenvalue weighted by atomic mass is 9.80. The van der Waals surface area contributed by atoms with Gasteiger partial charge >= 0.3 is 0 Å². The number of nitrogens with zero attached hydrogens (tertiary/aromatic N) is 4. The Morgan fingerprint density at radius 3 is 2.35 bits per heavy atom. The number of pyridine rings is 1. The van der Waals surface area contributed by atoms with E-state index in [1.165, 1.54) is 22.4 Å². The van der Waals surface area contributed by atoms with Crippen LogP contribution in [0.2, 0.25) is 0 Å². The van der Waals surface area contributed by atoms with E-state index in [-0.39, 0.29) is 10.8 Å². The summed E-state index contributed by atoms with van der Waals surface area (Å²) in [6, 6.07) is 10.7. The average Bonchev–Trinajstić information content (AvgIpc) is 3.22. The van der Waals surface area contributed by atoms with E-state index in [0.29, 0.717) is 6.54 Å². The minimum Gasteiger partial charge on any atom is -0.256 e. The van der Waals surface area contributed by atoms with Crippen molar-refractivity contribution in [2.75, 3.05) is 6.54 Å². The molecule has 1 aliphatic heterocycles. The molecule has 1 aromatic heterocycles. The molecule has 1 aliphatic carbocycles. The van der Waals surface area contributed by atoms with Crippen LogP contribution >= 0.6 is 0 Å². The zero-order chi connectivity index (χ0) is 18.5. The van der Waals surface area contributed by atoms with Crippen molar-refractivity contribution >= 4 is 5.71 Å². The molecule has 4 nitrogen and oxygen atoms in total. The Labute approximate surface area is 155 Å². The maximum Gasteiger partial charge on any atom is 0.107 e. The molecular formula is C22H26N4. The largest absolute Gasteiger partial charge is 0.256 e. The highest BCUT2D eigenvalue weighted by Gasteiger charge is 2.38. The lowest BCUT2D eigenvalue weighted by molar-refractivity contribution is 0.497. The summed E-state index contributed by atoms with van der Waals surface area (Å²) in [4.78, 5) is 5.24. The first-order valence-electron chi connectivity index (χ1n) is 9.36. The fourth-order valence-corrected chi connectivity index (χ4v) is 4.07. The molecule has 0 radical (unpaired) electrons. The van der Waals surface area contributed by atoms with E-state index in [1.54, 1.807) is 0 Å². The molecule has 0 spiro atoms. The van der Waals surface area contributed by atoms with Gasteiger partial charge in [0, 0.05) is 16.4 Å². The Bertz CT molecular complexity index is 915. The summed E-state index contributed by atoms with van der Waals surface area (Å²) >= 11 is 0. The quantitative estimate of drug-likeness (QED) is 0.714. The number of fused-ring (bicyclic) bond motifs is 1. The summed E-state index contributed by atoms with van der Waals surface area (Å²) in [5.41, 5.74) is 8.35. The number of aromatic nitrogens is 1. The first-order chi connectivity index (χ1) is 12.3. The normalized spacial score (nSPS) is 18.1. The SMILES string of the molecule is CC(C)(C)c1nc2c(c(-c3ccccc3)c1C1=NN=NC1)CCC2(C)C. The van der Waals surface area contributed by atoms with Gasteiger partial charge < -0.3 is 0 Å². The minimum atomic E-state index is -0.0856. The summed E-state index contributed by atoms with van der Waals surface area (Å²) in [6.07, 6.45) is 2.18. The maximum atomic E-state index is 5.24. The van der Waals surface area contributed by atoms with Crippen LogP contribution in [0.3, 0.4) is 0 Å². The van der Waals surface area contributed by atoms with Crippen molar-refractivity contribution in [2.24, 2.45) is 15.4 Å². The molecule has 0 saturated carbocycles. The summed E-state index contributed by atoms with van der Waals surface area (Å²) in [5.74, 6) is 0. The average molecular weight is 346 g/mol. The van der Waals surface area contributed by atoms with Gasteiger partial charge in [0.15, 0.2) is 0 Å². The zero-order valence-electron chi connectivity index (χ0n) is 16.3. The van der Waals surface area contributed by atoms with Crippen LogP contribution < -0.4 is 0 Å². The molecule has 0 N–H and O–H groups in total. The smallest absolute Gasteiger partial charge is 0.107 e. The van der Waals surface area contributed by atoms with Gasteiger partial charge in [-0.1, -0.05) is 65.0 Å². The van der Waals surface area contributed by atoms with Crippen LogP contribution in [0.4, 0.5) is 0 Å². The van der Waals surface area contributed by atoms with E-state index in [9.17, 15) is 0 Å². The lowest BCUT2D eigenvalue weighted by Gasteiger charge is -2.28. The Balaban J connectivity index is 2.12. The van der Waals surface area contributed by atoms with Gasteiger partial charge in [-0.15, -0.1) is 5.10 Å². The van der Waals surface area contributed by atoms with Gasteiger partial charge in [0.1, 0.15) is 6.54 Å². The molecule has 1 aromatic carbocycles. The second-order valence-electron chi connectivity index (χ2n) is 8.97. The lowest BCUT2D eigenvalue weighted by Crippen LogP contribution is -2.25. The first-order valence-corrected chi connectivity index (χ1v) is 9.36. The highest BCUT2D eigenvalue weighted by molar-refractivity contribution is 6.09. The Hall–Kier alpha value is -2.36. The van der Waals surface area contributed by atoms with Crippen LogP contribution in [0.25, 0.3) is 11.1 Å². The van der Waals surface area contributed by atoms with Crippen molar-refractivity contribution in [3.05, 3.63) is 52.8 Å². The van der Waals surface area contributed by atoms with Gasteiger partial charge in [-0.2, -0.15) is 5.11 Å². The second-order valence-corrected chi connectivity index (χ2v) is 8.97. The summed E-state index contributed by atoms with van der Waals surface area (Å²) in [6.45, 7) is 11.8. The van der Waals surface area contributed by atoms with Crippen LogP contribution in [0.1, 0.15) is 63.6 Å². The molecular weight excluding hydrogens is 320 g/mol. The van der Waals surface area contributed by atoms with E-state index in [2.05, 4.69) is 80.4 Å². The van der Waals surface area contributed by atoms with Crippen molar-refractivity contribution in [3.8, 4) is 11.1 Å². The predicted molar refractivity (Wildman–Crippen MR) is 106 cm³/mol. The number of benzene rings is 1. The van der Waals surface area contributed by atoms with Crippen LogP contribution in [0.5, 0.6) is 0 Å². The molecule has 0 saturated heterocycles. The fourth-order valence-electron chi connectivity index (χ4n) is 4.07. The van der Waals surface area contributed by atoms with E-state index in [0.717, 1.165) is 29.8 Å². The molecule has 26 heavy (non-hydrogen) atoms. The highest BCUT2D eigenvalue weighted by atomic mass is 15.4. The van der Waals surface area contributed by atoms with E-state index >= 15 is 0 Å². The van der Waals surface area contributed by atoms with E-state index < -0.39 is 0 Å². The van der Waals surface area contributed by atoms with Gasteiger partial charge in [0.05, 0.1) is 17.1 Å². The van der Waals surface area contributed by atoms with Crippen molar-refractivity contribution in [2.45, 2.75) is 58.3 Å². The van der Waals surface area contributed by atoms with Crippen LogP contribution in [0.15, 0.2) is 45.8 Å². The van der Waals surface area contributed by atoms with Crippen molar-refractivity contribution in [1.82, 2.24) is 4.98 Å². The fraction of sp³-hybridized carbons (Fsp3) is 0.455. The molecule has 0 amide bonds. The van der Waals surface area contributed by atoms with E-state index in [4.69, 9.17) is 4.98 Å².